The second-order valence-electron chi connectivity index (χ2n) is 3.79. The molecule has 0 radical (unpaired) electrons. The molecule has 0 aliphatic carbocycles. The zero-order chi connectivity index (χ0) is 11.7. The molecule has 0 saturated heterocycles. The zero-order valence-corrected chi connectivity index (χ0v) is 9.95. The van der Waals surface area contributed by atoms with Crippen molar-refractivity contribution in [3.05, 3.63) is 58.0 Å². The minimum absolute atomic E-state index is 0.563. The van der Waals surface area contributed by atoms with E-state index in [1.54, 1.807) is 6.07 Å². The van der Waals surface area contributed by atoms with Crippen molar-refractivity contribution >= 4 is 11.6 Å². The molecule has 0 fully saturated rings. The highest BCUT2D eigenvalue weighted by Gasteiger charge is 2.18. The molecule has 1 aromatic heterocycles. The summed E-state index contributed by atoms with van der Waals surface area (Å²) in [6, 6.07) is 9.11. The van der Waals surface area contributed by atoms with E-state index < -0.39 is 6.10 Å². The molecule has 2 aromatic rings. The Morgan fingerprint density at radius 3 is 2.44 bits per heavy atom. The molecule has 1 N–H and O–H groups in total. The van der Waals surface area contributed by atoms with Crippen LogP contribution < -0.4 is 0 Å². The van der Waals surface area contributed by atoms with Crippen LogP contribution in [0.15, 0.2) is 34.7 Å². The number of halogens is 1. The number of furan rings is 1. The lowest BCUT2D eigenvalue weighted by Crippen LogP contribution is -2.00. The molecule has 1 unspecified atom stereocenters. The van der Waals surface area contributed by atoms with Gasteiger partial charge in [-0.05, 0) is 26.0 Å². The summed E-state index contributed by atoms with van der Waals surface area (Å²) in [6.45, 7) is 3.69. The van der Waals surface area contributed by atoms with E-state index in [1.165, 1.54) is 0 Å². The molecule has 1 atom stereocenters. The van der Waals surface area contributed by atoms with Gasteiger partial charge in [0.2, 0.25) is 0 Å². The van der Waals surface area contributed by atoms with Gasteiger partial charge >= 0.3 is 0 Å². The molecule has 3 heteroatoms. The van der Waals surface area contributed by atoms with E-state index >= 15 is 0 Å². The first-order chi connectivity index (χ1) is 7.59. The summed E-state index contributed by atoms with van der Waals surface area (Å²) in [5.74, 6) is 1.52. The van der Waals surface area contributed by atoms with E-state index in [4.69, 9.17) is 16.0 Å². The van der Waals surface area contributed by atoms with Crippen LogP contribution in [0.5, 0.6) is 0 Å². The molecule has 0 spiro atoms. The van der Waals surface area contributed by atoms with Crippen LogP contribution in [0.2, 0.25) is 5.02 Å². The topological polar surface area (TPSA) is 33.4 Å². The predicted molar refractivity (Wildman–Crippen MR) is 63.7 cm³/mol. The summed E-state index contributed by atoms with van der Waals surface area (Å²) < 4.78 is 5.39. The van der Waals surface area contributed by atoms with Crippen LogP contribution in [-0.4, -0.2) is 5.11 Å². The molecule has 1 heterocycles. The number of aryl methyl sites for hydroxylation is 2. The predicted octanol–water partition coefficient (Wildman–Crippen LogP) is 3.63. The van der Waals surface area contributed by atoms with E-state index in [1.807, 2.05) is 38.1 Å². The monoisotopic (exact) mass is 236 g/mol. The maximum Gasteiger partial charge on any atom is 0.109 e. The minimum atomic E-state index is -0.730. The molecule has 16 heavy (non-hydrogen) atoms. The van der Waals surface area contributed by atoms with Crippen molar-refractivity contribution in [3.8, 4) is 0 Å². The third kappa shape index (κ3) is 1.99. The molecule has 2 nitrogen and oxygen atoms in total. The standard InChI is InChI=1S/C13H13ClO2/c1-8-7-11(9(2)16-8)13(15)10-5-3-4-6-12(10)14/h3-7,13,15H,1-2H3. The lowest BCUT2D eigenvalue weighted by molar-refractivity contribution is 0.218. The Kier molecular flexibility index (Phi) is 3.03. The summed E-state index contributed by atoms with van der Waals surface area (Å²) in [5.41, 5.74) is 1.47. The summed E-state index contributed by atoms with van der Waals surface area (Å²) in [5, 5.41) is 10.8. The maximum atomic E-state index is 10.2. The van der Waals surface area contributed by atoms with Gasteiger partial charge in [-0.1, -0.05) is 29.8 Å². The fourth-order valence-corrected chi connectivity index (χ4v) is 2.03. The molecule has 2 rings (SSSR count). The van der Waals surface area contributed by atoms with E-state index in [0.29, 0.717) is 10.6 Å². The fourth-order valence-electron chi connectivity index (χ4n) is 1.79. The van der Waals surface area contributed by atoms with Crippen LogP contribution in [0.3, 0.4) is 0 Å². The van der Waals surface area contributed by atoms with Crippen molar-refractivity contribution in [3.63, 3.8) is 0 Å². The van der Waals surface area contributed by atoms with Crippen LogP contribution in [-0.2, 0) is 0 Å². The maximum absolute atomic E-state index is 10.2. The van der Waals surface area contributed by atoms with Gasteiger partial charge in [0.05, 0.1) is 0 Å². The Labute approximate surface area is 99.5 Å². The lowest BCUT2D eigenvalue weighted by atomic mass is 10.0. The van der Waals surface area contributed by atoms with Crippen molar-refractivity contribution in [2.45, 2.75) is 20.0 Å². The third-order valence-corrected chi connectivity index (χ3v) is 2.92. The Morgan fingerprint density at radius 2 is 1.88 bits per heavy atom. The first-order valence-corrected chi connectivity index (χ1v) is 5.47. The van der Waals surface area contributed by atoms with Crippen LogP contribution in [0.4, 0.5) is 0 Å². The highest BCUT2D eigenvalue weighted by molar-refractivity contribution is 6.31. The molecule has 0 aliphatic rings. The molecular weight excluding hydrogens is 224 g/mol. The van der Waals surface area contributed by atoms with Gasteiger partial charge in [0, 0.05) is 16.1 Å². The van der Waals surface area contributed by atoms with Crippen molar-refractivity contribution in [1.82, 2.24) is 0 Å². The highest BCUT2D eigenvalue weighted by atomic mass is 35.5. The normalized spacial score (nSPS) is 12.8. The quantitative estimate of drug-likeness (QED) is 0.864. The highest BCUT2D eigenvalue weighted by Crippen LogP contribution is 2.31. The van der Waals surface area contributed by atoms with Crippen molar-refractivity contribution < 1.29 is 9.52 Å². The molecule has 0 saturated carbocycles. The van der Waals surface area contributed by atoms with Crippen LogP contribution in [0, 0.1) is 13.8 Å². The van der Waals surface area contributed by atoms with E-state index in [0.717, 1.165) is 17.1 Å². The van der Waals surface area contributed by atoms with Gasteiger partial charge in [-0.3, -0.25) is 0 Å². The van der Waals surface area contributed by atoms with E-state index in [2.05, 4.69) is 0 Å². The van der Waals surface area contributed by atoms with Gasteiger partial charge in [-0.2, -0.15) is 0 Å². The van der Waals surface area contributed by atoms with Gasteiger partial charge < -0.3 is 9.52 Å². The van der Waals surface area contributed by atoms with Gasteiger partial charge in [0.15, 0.2) is 0 Å². The number of hydrogen-bond donors (Lipinski definition) is 1. The average Bonchev–Trinajstić information content (AvgIpc) is 2.58. The minimum Gasteiger partial charge on any atom is -0.466 e. The fraction of sp³-hybridized carbons (Fsp3) is 0.231. The van der Waals surface area contributed by atoms with E-state index in [9.17, 15) is 5.11 Å². The van der Waals surface area contributed by atoms with Crippen LogP contribution >= 0.6 is 11.6 Å². The lowest BCUT2D eigenvalue weighted by Gasteiger charge is -2.11. The molecule has 0 bridgehead atoms. The Bertz CT molecular complexity index is 502. The summed E-state index contributed by atoms with van der Waals surface area (Å²) in [6.07, 6.45) is -0.730. The Hall–Kier alpha value is -1.25. The average molecular weight is 237 g/mol. The molecule has 0 amide bonds. The molecule has 1 aromatic carbocycles. The van der Waals surface area contributed by atoms with Gasteiger partial charge in [-0.25, -0.2) is 0 Å². The number of aliphatic hydroxyl groups excluding tert-OH is 1. The zero-order valence-electron chi connectivity index (χ0n) is 9.20. The molecular formula is C13H13ClO2. The van der Waals surface area contributed by atoms with Crippen LogP contribution in [0.1, 0.15) is 28.8 Å². The molecule has 0 aliphatic heterocycles. The SMILES string of the molecule is Cc1cc(C(O)c2ccccc2Cl)c(C)o1. The number of aliphatic hydroxyl groups is 1. The van der Waals surface area contributed by atoms with Crippen molar-refractivity contribution in [1.29, 1.82) is 0 Å². The second kappa shape index (κ2) is 4.32. The Morgan fingerprint density at radius 1 is 1.19 bits per heavy atom. The summed E-state index contributed by atoms with van der Waals surface area (Å²) in [7, 11) is 0. The Balaban J connectivity index is 2.43. The van der Waals surface area contributed by atoms with Gasteiger partial charge in [-0.15, -0.1) is 0 Å². The van der Waals surface area contributed by atoms with Crippen LogP contribution in [0.25, 0.3) is 0 Å². The smallest absolute Gasteiger partial charge is 0.109 e. The second-order valence-corrected chi connectivity index (χ2v) is 4.20. The first-order valence-electron chi connectivity index (χ1n) is 5.09. The third-order valence-electron chi connectivity index (χ3n) is 2.57. The van der Waals surface area contributed by atoms with Gasteiger partial charge in [0.1, 0.15) is 17.6 Å². The summed E-state index contributed by atoms with van der Waals surface area (Å²) >= 11 is 6.04. The number of benzene rings is 1. The van der Waals surface area contributed by atoms with E-state index in [-0.39, 0.29) is 0 Å². The molecule has 84 valence electrons. The summed E-state index contributed by atoms with van der Waals surface area (Å²) in [4.78, 5) is 0. The van der Waals surface area contributed by atoms with Crippen molar-refractivity contribution in [2.75, 3.05) is 0 Å². The first kappa shape index (κ1) is 11.2. The van der Waals surface area contributed by atoms with Gasteiger partial charge in [0.25, 0.3) is 0 Å². The number of rotatable bonds is 2. The number of hydrogen-bond acceptors (Lipinski definition) is 2. The largest absolute Gasteiger partial charge is 0.466 e. The van der Waals surface area contributed by atoms with Crippen molar-refractivity contribution in [2.24, 2.45) is 0 Å².